The lowest BCUT2D eigenvalue weighted by molar-refractivity contribution is 0.0693. The van der Waals surface area contributed by atoms with Crippen LogP contribution in [0, 0.1) is 0 Å². The van der Waals surface area contributed by atoms with E-state index in [1.54, 1.807) is 38.5 Å². The summed E-state index contributed by atoms with van der Waals surface area (Å²) < 4.78 is 10.5. The Morgan fingerprint density at radius 2 is 1.20 bits per heavy atom. The molecule has 0 aromatic heterocycles. The second-order valence-electron chi connectivity index (χ2n) is 4.62. The van der Waals surface area contributed by atoms with Crippen LogP contribution < -0.4 is 9.47 Å². The van der Waals surface area contributed by atoms with E-state index in [0.29, 0.717) is 22.6 Å². The van der Waals surface area contributed by atoms with Crippen molar-refractivity contribution in [3.05, 3.63) is 35.4 Å². The Hall–Kier alpha value is -2.56. The topological polar surface area (TPSA) is 55.8 Å². The number of hydrogen-bond donors (Lipinski definition) is 0. The SMILES string of the molecule is COc1cc2cc3c(cc2cc1OC)C(=O)N(C)C3=O. The van der Waals surface area contributed by atoms with Crippen molar-refractivity contribution in [1.82, 2.24) is 4.90 Å². The quantitative estimate of drug-likeness (QED) is 0.785. The zero-order valence-corrected chi connectivity index (χ0v) is 11.4. The first kappa shape index (κ1) is 12.5. The largest absolute Gasteiger partial charge is 0.493 e. The molecule has 5 heteroatoms. The molecule has 20 heavy (non-hydrogen) atoms. The highest BCUT2D eigenvalue weighted by molar-refractivity contribution is 6.23. The number of nitrogens with zero attached hydrogens (tertiary/aromatic N) is 1. The lowest BCUT2D eigenvalue weighted by Gasteiger charge is -2.09. The van der Waals surface area contributed by atoms with Gasteiger partial charge in [0.2, 0.25) is 0 Å². The molecule has 102 valence electrons. The van der Waals surface area contributed by atoms with Crippen LogP contribution in [0.25, 0.3) is 10.8 Å². The van der Waals surface area contributed by atoms with Crippen molar-refractivity contribution in [3.8, 4) is 11.5 Å². The molecule has 0 aliphatic carbocycles. The summed E-state index contributed by atoms with van der Waals surface area (Å²) in [6.45, 7) is 0. The van der Waals surface area contributed by atoms with Crippen LogP contribution in [0.15, 0.2) is 24.3 Å². The van der Waals surface area contributed by atoms with Crippen LogP contribution in [0.5, 0.6) is 11.5 Å². The van der Waals surface area contributed by atoms with E-state index in [-0.39, 0.29) is 11.8 Å². The van der Waals surface area contributed by atoms with Gasteiger partial charge in [0.15, 0.2) is 11.5 Å². The second-order valence-corrected chi connectivity index (χ2v) is 4.62. The summed E-state index contributed by atoms with van der Waals surface area (Å²) in [6.07, 6.45) is 0. The number of ether oxygens (including phenoxy) is 2. The maximum atomic E-state index is 12.0. The van der Waals surface area contributed by atoms with Gasteiger partial charge in [-0.05, 0) is 35.0 Å². The average molecular weight is 271 g/mol. The molecule has 0 spiro atoms. The summed E-state index contributed by atoms with van der Waals surface area (Å²) >= 11 is 0. The Morgan fingerprint density at radius 1 is 0.800 bits per heavy atom. The lowest BCUT2D eigenvalue weighted by Crippen LogP contribution is -2.24. The number of carbonyl (C=O) groups is 2. The summed E-state index contributed by atoms with van der Waals surface area (Å²) in [6, 6.07) is 7.03. The molecule has 2 amide bonds. The Bertz CT molecular complexity index is 689. The molecule has 1 aliphatic heterocycles. The van der Waals surface area contributed by atoms with Crippen molar-refractivity contribution < 1.29 is 19.1 Å². The van der Waals surface area contributed by atoms with Gasteiger partial charge in [-0.25, -0.2) is 0 Å². The molecule has 0 bridgehead atoms. The van der Waals surface area contributed by atoms with E-state index < -0.39 is 0 Å². The summed E-state index contributed by atoms with van der Waals surface area (Å²) in [5.41, 5.74) is 0.856. The van der Waals surface area contributed by atoms with Crippen molar-refractivity contribution >= 4 is 22.6 Å². The molecule has 2 aromatic carbocycles. The molecule has 0 fully saturated rings. The van der Waals surface area contributed by atoms with Crippen LogP contribution in [0.3, 0.4) is 0 Å². The molecule has 3 rings (SSSR count). The lowest BCUT2D eigenvalue weighted by atomic mass is 10.0. The van der Waals surface area contributed by atoms with Crippen molar-refractivity contribution in [2.45, 2.75) is 0 Å². The monoisotopic (exact) mass is 271 g/mol. The van der Waals surface area contributed by atoms with E-state index in [9.17, 15) is 9.59 Å². The summed E-state index contributed by atoms with van der Waals surface area (Å²) in [5, 5.41) is 1.66. The minimum atomic E-state index is -0.276. The predicted octanol–water partition coefficient (Wildman–Crippen LogP) is 2.08. The van der Waals surface area contributed by atoms with Gasteiger partial charge in [0.1, 0.15) is 0 Å². The molecule has 0 unspecified atom stereocenters. The Balaban J connectivity index is 2.30. The normalized spacial score (nSPS) is 13.8. The zero-order chi connectivity index (χ0) is 14.4. The molecular weight excluding hydrogens is 258 g/mol. The van der Waals surface area contributed by atoms with Crippen LogP contribution in [0.4, 0.5) is 0 Å². The van der Waals surface area contributed by atoms with E-state index in [0.717, 1.165) is 15.7 Å². The second kappa shape index (κ2) is 4.23. The van der Waals surface area contributed by atoms with Gasteiger partial charge in [-0.3, -0.25) is 14.5 Å². The average Bonchev–Trinajstić information content (AvgIpc) is 2.68. The number of rotatable bonds is 2. The van der Waals surface area contributed by atoms with Crippen LogP contribution in [-0.2, 0) is 0 Å². The molecule has 0 radical (unpaired) electrons. The molecule has 0 atom stereocenters. The number of methoxy groups -OCH3 is 2. The van der Waals surface area contributed by atoms with E-state index in [2.05, 4.69) is 0 Å². The third-order valence-corrected chi connectivity index (χ3v) is 3.55. The maximum Gasteiger partial charge on any atom is 0.261 e. The van der Waals surface area contributed by atoms with Crippen LogP contribution in [0.1, 0.15) is 20.7 Å². The molecule has 2 aromatic rings. The minimum Gasteiger partial charge on any atom is -0.493 e. The molecule has 1 heterocycles. The molecule has 0 saturated carbocycles. The highest BCUT2D eigenvalue weighted by Crippen LogP contribution is 2.35. The Labute approximate surface area is 115 Å². The summed E-state index contributed by atoms with van der Waals surface area (Å²) in [7, 11) is 4.59. The van der Waals surface area contributed by atoms with Crippen molar-refractivity contribution in [2.75, 3.05) is 21.3 Å². The molecule has 5 nitrogen and oxygen atoms in total. The van der Waals surface area contributed by atoms with E-state index in [1.165, 1.54) is 7.05 Å². The maximum absolute atomic E-state index is 12.0. The third-order valence-electron chi connectivity index (χ3n) is 3.55. The summed E-state index contributed by atoms with van der Waals surface area (Å²) in [5.74, 6) is 0.624. The van der Waals surface area contributed by atoms with Crippen molar-refractivity contribution in [2.24, 2.45) is 0 Å². The van der Waals surface area contributed by atoms with E-state index in [4.69, 9.17) is 9.47 Å². The fourth-order valence-electron chi connectivity index (χ4n) is 2.43. The first-order valence-corrected chi connectivity index (χ1v) is 6.09. The number of benzene rings is 2. The Morgan fingerprint density at radius 3 is 1.55 bits per heavy atom. The fraction of sp³-hybridized carbons (Fsp3) is 0.200. The highest BCUT2D eigenvalue weighted by atomic mass is 16.5. The first-order chi connectivity index (χ1) is 9.56. The highest BCUT2D eigenvalue weighted by Gasteiger charge is 2.33. The van der Waals surface area contributed by atoms with Gasteiger partial charge >= 0.3 is 0 Å². The van der Waals surface area contributed by atoms with Gasteiger partial charge in [-0.15, -0.1) is 0 Å². The molecule has 0 N–H and O–H groups in total. The van der Waals surface area contributed by atoms with E-state index >= 15 is 0 Å². The fourth-order valence-corrected chi connectivity index (χ4v) is 2.43. The smallest absolute Gasteiger partial charge is 0.261 e. The molecule has 1 aliphatic rings. The predicted molar refractivity (Wildman–Crippen MR) is 73.5 cm³/mol. The van der Waals surface area contributed by atoms with Gasteiger partial charge < -0.3 is 9.47 Å². The van der Waals surface area contributed by atoms with Crippen LogP contribution in [0.2, 0.25) is 0 Å². The number of carbonyl (C=O) groups excluding carboxylic acids is 2. The zero-order valence-electron chi connectivity index (χ0n) is 11.4. The van der Waals surface area contributed by atoms with Crippen LogP contribution in [-0.4, -0.2) is 38.0 Å². The first-order valence-electron chi connectivity index (χ1n) is 6.09. The molecular formula is C15H13NO4. The molecule has 0 saturated heterocycles. The Kier molecular flexibility index (Phi) is 2.64. The number of amides is 2. The van der Waals surface area contributed by atoms with Gasteiger partial charge in [0.05, 0.1) is 25.3 Å². The number of fused-ring (bicyclic) bond motifs is 2. The van der Waals surface area contributed by atoms with Gasteiger partial charge in [-0.1, -0.05) is 0 Å². The van der Waals surface area contributed by atoms with Crippen molar-refractivity contribution in [3.63, 3.8) is 0 Å². The summed E-state index contributed by atoms with van der Waals surface area (Å²) in [4.78, 5) is 25.1. The standard InChI is InChI=1S/C15H13NO4/c1-16-14(17)10-4-8-6-12(19-2)13(20-3)7-9(8)5-11(10)15(16)18/h4-7H,1-3H3. The minimum absolute atomic E-state index is 0.276. The third kappa shape index (κ3) is 1.56. The van der Waals surface area contributed by atoms with Crippen molar-refractivity contribution in [1.29, 1.82) is 0 Å². The number of hydrogen-bond acceptors (Lipinski definition) is 4. The van der Waals surface area contributed by atoms with Gasteiger partial charge in [-0.2, -0.15) is 0 Å². The number of imide groups is 1. The van der Waals surface area contributed by atoms with Gasteiger partial charge in [0, 0.05) is 7.05 Å². The van der Waals surface area contributed by atoms with Gasteiger partial charge in [0.25, 0.3) is 11.8 Å². The van der Waals surface area contributed by atoms with E-state index in [1.807, 2.05) is 0 Å². The van der Waals surface area contributed by atoms with Crippen LogP contribution >= 0.6 is 0 Å².